The molecule has 0 spiro atoms. The van der Waals surface area contributed by atoms with Gasteiger partial charge in [-0.25, -0.2) is 9.59 Å². The quantitative estimate of drug-likeness (QED) is 0.533. The molecule has 1 fully saturated rings. The van der Waals surface area contributed by atoms with Gasteiger partial charge in [-0.1, -0.05) is 6.58 Å². The first kappa shape index (κ1) is 20.3. The molecule has 2 bridgehead atoms. The van der Waals surface area contributed by atoms with E-state index >= 15 is 0 Å². The summed E-state index contributed by atoms with van der Waals surface area (Å²) in [5, 5.41) is 20.0. The van der Waals surface area contributed by atoms with Crippen molar-refractivity contribution in [2.45, 2.75) is 63.6 Å². The smallest absolute Gasteiger partial charge is 0.340 e. The first-order chi connectivity index (χ1) is 12.9. The number of aliphatic hydroxyl groups is 2. The van der Waals surface area contributed by atoms with Crippen LogP contribution in [0.1, 0.15) is 34.1 Å². The topological polar surface area (TPSA) is 119 Å². The first-order valence-corrected chi connectivity index (χ1v) is 9.02. The minimum Gasteiger partial charge on any atom is -0.479 e. The molecule has 28 heavy (non-hydrogen) atoms. The van der Waals surface area contributed by atoms with Crippen molar-refractivity contribution in [3.05, 3.63) is 35.6 Å². The van der Waals surface area contributed by atoms with Crippen molar-refractivity contribution in [3.63, 3.8) is 0 Å². The van der Waals surface area contributed by atoms with Crippen molar-refractivity contribution in [2.24, 2.45) is 5.92 Å². The molecule has 0 aromatic rings. The third kappa shape index (κ3) is 3.16. The minimum absolute atomic E-state index is 0.0780. The summed E-state index contributed by atoms with van der Waals surface area (Å²) in [6.07, 6.45) is -0.298. The largest absolute Gasteiger partial charge is 0.479 e. The van der Waals surface area contributed by atoms with Crippen molar-refractivity contribution in [2.75, 3.05) is 0 Å². The maximum Gasteiger partial charge on any atom is 0.340 e. The summed E-state index contributed by atoms with van der Waals surface area (Å²) in [4.78, 5) is 37.2. The maximum atomic E-state index is 12.5. The van der Waals surface area contributed by atoms with Gasteiger partial charge in [0.2, 0.25) is 5.78 Å². The lowest BCUT2D eigenvalue weighted by Crippen LogP contribution is -2.50. The summed E-state index contributed by atoms with van der Waals surface area (Å²) >= 11 is 0. The number of hydrogen-bond acceptors (Lipinski definition) is 8. The van der Waals surface area contributed by atoms with E-state index in [1.807, 2.05) is 0 Å². The van der Waals surface area contributed by atoms with Crippen LogP contribution in [0.15, 0.2) is 35.6 Å². The lowest BCUT2D eigenvalue weighted by molar-refractivity contribution is -0.185. The van der Waals surface area contributed by atoms with E-state index < -0.39 is 47.4 Å². The lowest BCUT2D eigenvalue weighted by atomic mass is 9.82. The van der Waals surface area contributed by atoms with Gasteiger partial charge in [0, 0.05) is 18.1 Å². The lowest BCUT2D eigenvalue weighted by Gasteiger charge is -2.34. The van der Waals surface area contributed by atoms with Gasteiger partial charge in [-0.15, -0.1) is 0 Å². The van der Waals surface area contributed by atoms with E-state index in [1.54, 1.807) is 19.9 Å². The normalized spacial score (nSPS) is 37.1. The van der Waals surface area contributed by atoms with E-state index in [4.69, 9.17) is 14.2 Å². The van der Waals surface area contributed by atoms with Crippen LogP contribution >= 0.6 is 0 Å². The molecule has 0 amide bonds. The van der Waals surface area contributed by atoms with Crippen LogP contribution in [0.5, 0.6) is 0 Å². The Hall–Kier alpha value is -2.45. The zero-order chi connectivity index (χ0) is 21.0. The van der Waals surface area contributed by atoms with Crippen LogP contribution in [0.4, 0.5) is 0 Å². The molecular formula is C20H24O8. The molecule has 3 heterocycles. The first-order valence-electron chi connectivity index (χ1n) is 9.02. The summed E-state index contributed by atoms with van der Waals surface area (Å²) in [6, 6.07) is 0. The number of esters is 2. The summed E-state index contributed by atoms with van der Waals surface area (Å²) in [7, 11) is 0. The molecule has 0 aromatic heterocycles. The summed E-state index contributed by atoms with van der Waals surface area (Å²) in [5.41, 5.74) is -2.77. The molecule has 1 saturated heterocycles. The Bertz CT molecular complexity index is 818. The van der Waals surface area contributed by atoms with Gasteiger partial charge in [-0.2, -0.15) is 0 Å². The Kier molecular flexibility index (Phi) is 4.75. The van der Waals surface area contributed by atoms with Crippen molar-refractivity contribution < 1.29 is 38.8 Å². The van der Waals surface area contributed by atoms with Gasteiger partial charge < -0.3 is 24.4 Å². The van der Waals surface area contributed by atoms with E-state index in [1.165, 1.54) is 13.0 Å². The molecule has 0 radical (unpaired) electrons. The van der Waals surface area contributed by atoms with Crippen LogP contribution in [0.2, 0.25) is 0 Å². The minimum atomic E-state index is -2.17. The fourth-order valence-electron chi connectivity index (χ4n) is 3.49. The van der Waals surface area contributed by atoms with Crippen molar-refractivity contribution in [3.8, 4) is 0 Å². The molecule has 3 rings (SSSR count). The van der Waals surface area contributed by atoms with Gasteiger partial charge in [0.05, 0.1) is 12.0 Å². The van der Waals surface area contributed by atoms with E-state index in [-0.39, 0.29) is 17.8 Å². The SMILES string of the molecule is C=C1C(=O)O[C@@H]2/C=C(/C)C3=CC(=O)[C@@](C)(C[C@@H](OC(=O)C(C)(O)C(C)O)[C@@H]12)O3. The molecule has 0 aliphatic carbocycles. The molecule has 2 unspecified atom stereocenters. The molecule has 3 aliphatic rings. The third-order valence-corrected chi connectivity index (χ3v) is 5.66. The molecule has 0 aromatic carbocycles. The average molecular weight is 392 g/mol. The highest BCUT2D eigenvalue weighted by molar-refractivity contribution is 6.00. The average Bonchev–Trinajstić information content (AvgIpc) is 3.03. The number of fused-ring (bicyclic) bond motifs is 3. The van der Waals surface area contributed by atoms with Crippen molar-refractivity contribution >= 4 is 17.7 Å². The second-order valence-electron chi connectivity index (χ2n) is 7.95. The zero-order valence-corrected chi connectivity index (χ0v) is 16.2. The van der Waals surface area contributed by atoms with Crippen LogP contribution in [0, 0.1) is 5.92 Å². The van der Waals surface area contributed by atoms with E-state index in [0.29, 0.717) is 11.3 Å². The molecule has 152 valence electrons. The van der Waals surface area contributed by atoms with Gasteiger partial charge in [0.1, 0.15) is 18.0 Å². The number of aliphatic hydroxyl groups excluding tert-OH is 1. The van der Waals surface area contributed by atoms with Crippen LogP contribution in [0.25, 0.3) is 0 Å². The zero-order valence-electron chi connectivity index (χ0n) is 16.2. The molecule has 2 N–H and O–H groups in total. The molecule has 8 heteroatoms. The molecule has 6 atom stereocenters. The number of carbonyl (C=O) groups excluding carboxylic acids is 3. The summed E-state index contributed by atoms with van der Waals surface area (Å²) in [6.45, 7) is 9.43. The predicted molar refractivity (Wildman–Crippen MR) is 95.6 cm³/mol. The predicted octanol–water partition coefficient (Wildman–Crippen LogP) is 0.720. The number of hydrogen-bond donors (Lipinski definition) is 2. The number of ether oxygens (including phenoxy) is 3. The highest BCUT2D eigenvalue weighted by atomic mass is 16.6. The van der Waals surface area contributed by atoms with Gasteiger partial charge in [-0.05, 0) is 39.3 Å². The van der Waals surface area contributed by atoms with E-state index in [2.05, 4.69) is 6.58 Å². The van der Waals surface area contributed by atoms with E-state index in [0.717, 1.165) is 6.92 Å². The number of carbonyl (C=O) groups is 3. The molecule has 0 saturated carbocycles. The van der Waals surface area contributed by atoms with Crippen molar-refractivity contribution in [1.29, 1.82) is 0 Å². The van der Waals surface area contributed by atoms with Gasteiger partial charge >= 0.3 is 11.9 Å². The Labute approximate surface area is 162 Å². The molecule has 8 nitrogen and oxygen atoms in total. The second kappa shape index (κ2) is 6.56. The monoisotopic (exact) mass is 392 g/mol. The van der Waals surface area contributed by atoms with Crippen LogP contribution in [0.3, 0.4) is 0 Å². The van der Waals surface area contributed by atoms with Crippen LogP contribution in [-0.2, 0) is 28.6 Å². The summed E-state index contributed by atoms with van der Waals surface area (Å²) in [5.74, 6) is -2.40. The Morgan fingerprint density at radius 3 is 2.71 bits per heavy atom. The highest BCUT2D eigenvalue weighted by Gasteiger charge is 2.53. The second-order valence-corrected chi connectivity index (χ2v) is 7.95. The Balaban J connectivity index is 2.03. The van der Waals surface area contributed by atoms with Crippen LogP contribution in [-0.4, -0.2) is 57.4 Å². The Morgan fingerprint density at radius 1 is 1.46 bits per heavy atom. The van der Waals surface area contributed by atoms with Gasteiger partial charge in [0.25, 0.3) is 0 Å². The highest BCUT2D eigenvalue weighted by Crippen LogP contribution is 2.42. The number of allylic oxidation sites excluding steroid dienone is 1. The van der Waals surface area contributed by atoms with E-state index in [9.17, 15) is 24.6 Å². The van der Waals surface area contributed by atoms with Crippen LogP contribution < -0.4 is 0 Å². The fraction of sp³-hybridized carbons (Fsp3) is 0.550. The Morgan fingerprint density at radius 2 is 2.11 bits per heavy atom. The standard InChI is InChI=1S/C20H24O8/c1-9-6-13-16(10(2)17(23)26-13)14(27-18(24)20(5,25)11(3)21)8-19(4)15(22)7-12(9)28-19/h6-7,11,13-14,16,21,25H,2,8H2,1,3-5H3/b9-6-/t11?,13-,14-,16+,19-,20?/m1/s1. The molecule has 3 aliphatic heterocycles. The molecular weight excluding hydrogens is 368 g/mol. The van der Waals surface area contributed by atoms with Gasteiger partial charge in [0.15, 0.2) is 11.2 Å². The number of ketones is 1. The van der Waals surface area contributed by atoms with Gasteiger partial charge in [-0.3, -0.25) is 4.79 Å². The maximum absolute atomic E-state index is 12.5. The fourth-order valence-corrected chi connectivity index (χ4v) is 3.49. The third-order valence-electron chi connectivity index (χ3n) is 5.66. The van der Waals surface area contributed by atoms with Crippen molar-refractivity contribution in [1.82, 2.24) is 0 Å². The number of rotatable bonds is 3. The summed E-state index contributed by atoms with van der Waals surface area (Å²) < 4.78 is 16.7.